The van der Waals surface area contributed by atoms with Gasteiger partial charge in [-0.05, 0) is 0 Å². The molecule has 1 aliphatic rings. The van der Waals surface area contributed by atoms with Gasteiger partial charge in [0.05, 0.1) is 6.21 Å². The van der Waals surface area contributed by atoms with Crippen molar-refractivity contribution >= 4 is 29.6 Å². The SMILES string of the molecule is OC1=C(Cl)C=NNN1Cl. The molecule has 0 saturated heterocycles. The highest BCUT2D eigenvalue weighted by atomic mass is 35.5. The Bertz CT molecular complexity index is 178. The van der Waals surface area contributed by atoms with Crippen molar-refractivity contribution in [1.29, 1.82) is 0 Å². The second kappa shape index (κ2) is 2.33. The minimum atomic E-state index is -0.256. The lowest BCUT2D eigenvalue weighted by Crippen LogP contribution is -2.28. The van der Waals surface area contributed by atoms with E-state index in [1.54, 1.807) is 0 Å². The van der Waals surface area contributed by atoms with Crippen molar-refractivity contribution < 1.29 is 5.11 Å². The van der Waals surface area contributed by atoms with Crippen LogP contribution in [0.15, 0.2) is 16.0 Å². The Morgan fingerprint density at radius 1 is 1.78 bits per heavy atom. The van der Waals surface area contributed by atoms with Crippen LogP contribution < -0.4 is 5.53 Å². The van der Waals surface area contributed by atoms with Gasteiger partial charge >= 0.3 is 0 Å². The van der Waals surface area contributed by atoms with Gasteiger partial charge in [-0.25, -0.2) is 5.53 Å². The summed E-state index contributed by atoms with van der Waals surface area (Å²) in [7, 11) is 0. The fourth-order valence-corrected chi connectivity index (χ4v) is 0.646. The summed E-state index contributed by atoms with van der Waals surface area (Å²) in [4.78, 5) is 0. The summed E-state index contributed by atoms with van der Waals surface area (Å²) in [6.07, 6.45) is 1.25. The summed E-state index contributed by atoms with van der Waals surface area (Å²) in [6.45, 7) is 0. The van der Waals surface area contributed by atoms with E-state index < -0.39 is 0 Å². The molecule has 50 valence electrons. The molecule has 0 spiro atoms. The average molecular weight is 168 g/mol. The van der Waals surface area contributed by atoms with Crippen LogP contribution in [0.1, 0.15) is 0 Å². The third-order valence-electron chi connectivity index (χ3n) is 0.723. The number of hydrazone groups is 1. The summed E-state index contributed by atoms with van der Waals surface area (Å²) in [5.41, 5.74) is 2.24. The summed E-state index contributed by atoms with van der Waals surface area (Å²) < 4.78 is 0.780. The van der Waals surface area contributed by atoms with Gasteiger partial charge in [0.25, 0.3) is 0 Å². The predicted octanol–water partition coefficient (Wildman–Crippen LogP) is 0.912. The van der Waals surface area contributed by atoms with Crippen LogP contribution in [0.3, 0.4) is 0 Å². The number of nitrogens with one attached hydrogen (secondary N) is 1. The number of hydrogen-bond donors (Lipinski definition) is 2. The molecule has 0 fully saturated rings. The zero-order valence-corrected chi connectivity index (χ0v) is 5.69. The molecule has 0 radical (unpaired) electrons. The zero-order chi connectivity index (χ0) is 6.85. The van der Waals surface area contributed by atoms with Gasteiger partial charge in [0.2, 0.25) is 5.88 Å². The third-order valence-corrected chi connectivity index (χ3v) is 1.23. The molecule has 2 N–H and O–H groups in total. The Hall–Kier alpha value is -0.610. The molecule has 0 aromatic carbocycles. The standard InChI is InChI=1S/C3H3Cl2N3O/c4-2-1-6-7-8(5)3(2)9/h1,7,9H. The van der Waals surface area contributed by atoms with E-state index in [2.05, 4.69) is 10.6 Å². The number of aliphatic hydroxyl groups is 1. The second-order valence-electron chi connectivity index (χ2n) is 1.31. The van der Waals surface area contributed by atoms with E-state index >= 15 is 0 Å². The first-order valence-corrected chi connectivity index (χ1v) is 2.77. The number of allylic oxidation sites excluding steroid dienone is 1. The third kappa shape index (κ3) is 1.20. The van der Waals surface area contributed by atoms with Crippen molar-refractivity contribution in [3.05, 3.63) is 10.9 Å². The first-order valence-electron chi connectivity index (χ1n) is 2.05. The Kier molecular flexibility index (Phi) is 1.68. The number of hydrazine groups is 1. The van der Waals surface area contributed by atoms with Gasteiger partial charge in [0.15, 0.2) is 0 Å². The van der Waals surface area contributed by atoms with Gasteiger partial charge in [-0.2, -0.15) is 5.10 Å². The number of nitrogens with zero attached hydrogens (tertiary/aromatic N) is 2. The minimum absolute atomic E-state index is 0.101. The molecule has 0 saturated carbocycles. The predicted molar refractivity (Wildman–Crippen MR) is 34.8 cm³/mol. The highest BCUT2D eigenvalue weighted by Gasteiger charge is 2.11. The highest BCUT2D eigenvalue weighted by molar-refractivity contribution is 6.39. The Labute approximate surface area is 61.4 Å². The number of halogens is 2. The van der Waals surface area contributed by atoms with Gasteiger partial charge < -0.3 is 5.11 Å². The van der Waals surface area contributed by atoms with Gasteiger partial charge in [0.1, 0.15) is 5.03 Å². The fraction of sp³-hybridized carbons (Fsp3) is 0. The monoisotopic (exact) mass is 167 g/mol. The molecule has 6 heteroatoms. The molecule has 0 aliphatic carbocycles. The van der Waals surface area contributed by atoms with E-state index in [4.69, 9.17) is 28.5 Å². The van der Waals surface area contributed by atoms with Crippen molar-refractivity contribution in [3.8, 4) is 0 Å². The lowest BCUT2D eigenvalue weighted by molar-refractivity contribution is 0.239. The molecule has 0 aromatic rings. The molecule has 0 unspecified atom stereocenters. The first kappa shape index (κ1) is 6.51. The number of aliphatic hydroxyl groups excluding tert-OH is 1. The quantitative estimate of drug-likeness (QED) is 0.528. The summed E-state index contributed by atoms with van der Waals surface area (Å²) in [5, 5.41) is 12.4. The molecule has 0 bridgehead atoms. The van der Waals surface area contributed by atoms with Crippen LogP contribution >= 0.6 is 23.4 Å². The summed E-state index contributed by atoms with van der Waals surface area (Å²) in [5.74, 6) is -0.256. The van der Waals surface area contributed by atoms with Crippen LogP contribution in [0, 0.1) is 0 Å². The van der Waals surface area contributed by atoms with E-state index in [1.165, 1.54) is 6.21 Å². The largest absolute Gasteiger partial charge is 0.492 e. The van der Waals surface area contributed by atoms with Crippen molar-refractivity contribution in [2.75, 3.05) is 0 Å². The number of hydrogen-bond acceptors (Lipinski definition) is 4. The topological polar surface area (TPSA) is 47.9 Å². The molecule has 0 aromatic heterocycles. The first-order chi connectivity index (χ1) is 4.22. The van der Waals surface area contributed by atoms with E-state index in [0.717, 1.165) is 4.53 Å². The molecule has 0 atom stereocenters. The lowest BCUT2D eigenvalue weighted by atomic mass is 10.6. The molecule has 9 heavy (non-hydrogen) atoms. The van der Waals surface area contributed by atoms with Gasteiger partial charge in [-0.3, -0.25) is 0 Å². The molecular weight excluding hydrogens is 165 g/mol. The van der Waals surface area contributed by atoms with E-state index in [1.807, 2.05) is 0 Å². The van der Waals surface area contributed by atoms with Crippen LogP contribution in [-0.4, -0.2) is 15.8 Å². The summed E-state index contributed by atoms with van der Waals surface area (Å²) >= 11 is 10.7. The molecule has 1 rings (SSSR count). The molecular formula is C3H3Cl2N3O. The van der Waals surface area contributed by atoms with Gasteiger partial charge in [-0.1, -0.05) is 11.6 Å². The fourth-order valence-electron chi connectivity index (χ4n) is 0.335. The van der Waals surface area contributed by atoms with Crippen molar-refractivity contribution in [2.24, 2.45) is 5.10 Å². The van der Waals surface area contributed by atoms with Crippen molar-refractivity contribution in [3.63, 3.8) is 0 Å². The van der Waals surface area contributed by atoms with Crippen LogP contribution in [-0.2, 0) is 0 Å². The Morgan fingerprint density at radius 3 is 2.89 bits per heavy atom. The summed E-state index contributed by atoms with van der Waals surface area (Å²) in [6, 6.07) is 0. The maximum absolute atomic E-state index is 8.83. The van der Waals surface area contributed by atoms with E-state index in [9.17, 15) is 0 Å². The van der Waals surface area contributed by atoms with Gasteiger partial charge in [-0.15, -0.1) is 4.53 Å². The zero-order valence-electron chi connectivity index (χ0n) is 4.17. The molecule has 0 amide bonds. The number of rotatable bonds is 0. The Balaban J connectivity index is 2.83. The van der Waals surface area contributed by atoms with Crippen LogP contribution in [0.25, 0.3) is 0 Å². The molecule has 4 nitrogen and oxygen atoms in total. The minimum Gasteiger partial charge on any atom is -0.492 e. The van der Waals surface area contributed by atoms with Crippen LogP contribution in [0.2, 0.25) is 0 Å². The maximum atomic E-state index is 8.83. The lowest BCUT2D eigenvalue weighted by Gasteiger charge is -2.15. The normalized spacial score (nSPS) is 18.2. The smallest absolute Gasteiger partial charge is 0.244 e. The second-order valence-corrected chi connectivity index (χ2v) is 2.06. The van der Waals surface area contributed by atoms with Crippen molar-refractivity contribution in [1.82, 2.24) is 10.1 Å². The Morgan fingerprint density at radius 2 is 2.44 bits per heavy atom. The van der Waals surface area contributed by atoms with Crippen LogP contribution in [0.5, 0.6) is 0 Å². The van der Waals surface area contributed by atoms with Crippen molar-refractivity contribution in [2.45, 2.75) is 0 Å². The molecule has 1 heterocycles. The molecule has 1 aliphatic heterocycles. The van der Waals surface area contributed by atoms with Gasteiger partial charge in [0, 0.05) is 11.8 Å². The van der Waals surface area contributed by atoms with Crippen LogP contribution in [0.4, 0.5) is 0 Å². The van der Waals surface area contributed by atoms with E-state index in [0.29, 0.717) is 0 Å². The maximum Gasteiger partial charge on any atom is 0.244 e. The van der Waals surface area contributed by atoms with E-state index in [-0.39, 0.29) is 10.9 Å². The average Bonchev–Trinajstić information content (AvgIpc) is 1.83. The highest BCUT2D eigenvalue weighted by Crippen LogP contribution is 2.12.